The van der Waals surface area contributed by atoms with E-state index >= 15 is 0 Å². The summed E-state index contributed by atoms with van der Waals surface area (Å²) < 4.78 is 0. The molecule has 1 aliphatic rings. The van der Waals surface area contributed by atoms with E-state index in [1.807, 2.05) is 5.38 Å². The van der Waals surface area contributed by atoms with Gasteiger partial charge in [-0.1, -0.05) is 25.4 Å². The molecule has 2 heterocycles. The Kier molecular flexibility index (Phi) is 4.47. The SMILES string of the molecule is CC(C)C1CCN(C(CN)c2cc(Cl)cs2)C1. The molecule has 0 saturated carbocycles. The maximum absolute atomic E-state index is 6.00. The molecule has 0 aromatic carbocycles. The molecule has 1 fully saturated rings. The summed E-state index contributed by atoms with van der Waals surface area (Å²) in [4.78, 5) is 3.83. The van der Waals surface area contributed by atoms with Crippen molar-refractivity contribution in [3.63, 3.8) is 0 Å². The number of rotatable bonds is 4. The van der Waals surface area contributed by atoms with Crippen LogP contribution in [0.2, 0.25) is 5.02 Å². The molecule has 2 nitrogen and oxygen atoms in total. The monoisotopic (exact) mass is 272 g/mol. The first-order valence-electron chi connectivity index (χ1n) is 6.30. The molecule has 1 aromatic heterocycles. The van der Waals surface area contributed by atoms with Crippen LogP contribution >= 0.6 is 22.9 Å². The Morgan fingerprint density at radius 2 is 2.35 bits per heavy atom. The van der Waals surface area contributed by atoms with E-state index < -0.39 is 0 Å². The van der Waals surface area contributed by atoms with Crippen molar-refractivity contribution in [3.05, 3.63) is 21.3 Å². The van der Waals surface area contributed by atoms with Crippen LogP contribution in [0.3, 0.4) is 0 Å². The molecule has 2 rings (SSSR count). The van der Waals surface area contributed by atoms with Crippen molar-refractivity contribution in [2.75, 3.05) is 19.6 Å². The number of hydrogen-bond acceptors (Lipinski definition) is 3. The van der Waals surface area contributed by atoms with Gasteiger partial charge in [-0.2, -0.15) is 0 Å². The van der Waals surface area contributed by atoms with Gasteiger partial charge in [-0.3, -0.25) is 4.90 Å². The summed E-state index contributed by atoms with van der Waals surface area (Å²) in [6.07, 6.45) is 1.30. The Hall–Kier alpha value is -0.0900. The molecule has 17 heavy (non-hydrogen) atoms. The minimum Gasteiger partial charge on any atom is -0.329 e. The van der Waals surface area contributed by atoms with Crippen molar-refractivity contribution in [2.24, 2.45) is 17.6 Å². The first-order valence-corrected chi connectivity index (χ1v) is 7.55. The lowest BCUT2D eigenvalue weighted by Gasteiger charge is -2.26. The highest BCUT2D eigenvalue weighted by Crippen LogP contribution is 2.34. The Bertz CT molecular complexity index is 364. The zero-order chi connectivity index (χ0) is 12.4. The summed E-state index contributed by atoms with van der Waals surface area (Å²) in [7, 11) is 0. The number of hydrogen-bond donors (Lipinski definition) is 1. The molecule has 0 radical (unpaired) electrons. The molecule has 0 aliphatic carbocycles. The third-order valence-corrected chi connectivity index (χ3v) is 5.16. The highest BCUT2D eigenvalue weighted by atomic mass is 35.5. The van der Waals surface area contributed by atoms with Crippen molar-refractivity contribution >= 4 is 22.9 Å². The van der Waals surface area contributed by atoms with Gasteiger partial charge in [-0.05, 0) is 30.9 Å². The minimum absolute atomic E-state index is 0.358. The molecule has 4 heteroatoms. The van der Waals surface area contributed by atoms with Crippen LogP contribution in [0.15, 0.2) is 11.4 Å². The first kappa shape index (κ1) is 13.3. The largest absolute Gasteiger partial charge is 0.329 e. The van der Waals surface area contributed by atoms with E-state index in [2.05, 4.69) is 24.8 Å². The van der Waals surface area contributed by atoms with E-state index in [0.29, 0.717) is 12.6 Å². The molecule has 0 amide bonds. The summed E-state index contributed by atoms with van der Waals surface area (Å²) in [6.45, 7) is 7.65. The topological polar surface area (TPSA) is 29.3 Å². The van der Waals surface area contributed by atoms with E-state index in [-0.39, 0.29) is 0 Å². The van der Waals surface area contributed by atoms with Gasteiger partial charge in [-0.15, -0.1) is 11.3 Å². The third-order valence-electron chi connectivity index (χ3n) is 3.78. The maximum atomic E-state index is 6.00. The zero-order valence-electron chi connectivity index (χ0n) is 10.5. The predicted molar refractivity (Wildman–Crippen MR) is 75.6 cm³/mol. The van der Waals surface area contributed by atoms with Gasteiger partial charge in [0.25, 0.3) is 0 Å². The second kappa shape index (κ2) is 5.70. The number of likely N-dealkylation sites (tertiary alicyclic amines) is 1. The molecule has 1 aromatic rings. The zero-order valence-corrected chi connectivity index (χ0v) is 12.1. The van der Waals surface area contributed by atoms with Crippen LogP contribution in [0.4, 0.5) is 0 Å². The average molecular weight is 273 g/mol. The number of nitrogens with two attached hydrogens (primary N) is 1. The normalized spacial score (nSPS) is 23.5. The van der Waals surface area contributed by atoms with Gasteiger partial charge >= 0.3 is 0 Å². The van der Waals surface area contributed by atoms with E-state index in [1.54, 1.807) is 11.3 Å². The van der Waals surface area contributed by atoms with Crippen LogP contribution in [-0.2, 0) is 0 Å². The lowest BCUT2D eigenvalue weighted by atomic mass is 9.95. The summed E-state index contributed by atoms with van der Waals surface area (Å²) in [5, 5.41) is 2.83. The van der Waals surface area contributed by atoms with E-state index in [9.17, 15) is 0 Å². The van der Waals surface area contributed by atoms with Crippen LogP contribution in [0.1, 0.15) is 31.2 Å². The lowest BCUT2D eigenvalue weighted by Crippen LogP contribution is -2.32. The summed E-state index contributed by atoms with van der Waals surface area (Å²) >= 11 is 7.72. The summed E-state index contributed by atoms with van der Waals surface area (Å²) in [5.41, 5.74) is 5.94. The van der Waals surface area contributed by atoms with Crippen molar-refractivity contribution in [1.82, 2.24) is 4.90 Å². The average Bonchev–Trinajstić information content (AvgIpc) is 2.89. The second-order valence-corrected chi connectivity index (χ2v) is 6.59. The molecule has 0 spiro atoms. The Balaban J connectivity index is 2.05. The number of thiophene rings is 1. The van der Waals surface area contributed by atoms with Crippen LogP contribution in [-0.4, -0.2) is 24.5 Å². The highest BCUT2D eigenvalue weighted by Gasteiger charge is 2.30. The Morgan fingerprint density at radius 3 is 2.82 bits per heavy atom. The Morgan fingerprint density at radius 1 is 1.59 bits per heavy atom. The fourth-order valence-corrected chi connectivity index (χ4v) is 3.82. The fraction of sp³-hybridized carbons (Fsp3) is 0.692. The first-order chi connectivity index (χ1) is 8.11. The van der Waals surface area contributed by atoms with Crippen molar-refractivity contribution < 1.29 is 0 Å². The van der Waals surface area contributed by atoms with E-state index in [1.165, 1.54) is 24.4 Å². The Labute approximate surface area is 113 Å². The second-order valence-electron chi connectivity index (χ2n) is 5.21. The van der Waals surface area contributed by atoms with Gasteiger partial charge in [0.2, 0.25) is 0 Å². The van der Waals surface area contributed by atoms with Crippen molar-refractivity contribution in [3.8, 4) is 0 Å². The van der Waals surface area contributed by atoms with Crippen LogP contribution in [0.25, 0.3) is 0 Å². The van der Waals surface area contributed by atoms with Gasteiger partial charge in [0.1, 0.15) is 0 Å². The third kappa shape index (κ3) is 3.02. The molecule has 2 atom stereocenters. The molecule has 1 saturated heterocycles. The summed E-state index contributed by atoms with van der Waals surface area (Å²) in [5.74, 6) is 1.59. The van der Waals surface area contributed by atoms with Crippen molar-refractivity contribution in [1.29, 1.82) is 0 Å². The summed E-state index contributed by atoms with van der Waals surface area (Å²) in [6, 6.07) is 2.42. The number of nitrogens with zero attached hydrogens (tertiary/aromatic N) is 1. The van der Waals surface area contributed by atoms with Gasteiger partial charge in [0.15, 0.2) is 0 Å². The lowest BCUT2D eigenvalue weighted by molar-refractivity contribution is 0.235. The molecule has 2 N–H and O–H groups in total. The molecule has 1 aliphatic heterocycles. The standard InChI is InChI=1S/C13H21ClN2S/c1-9(2)10-3-4-16(7-10)12(6-15)13-5-11(14)8-17-13/h5,8-10,12H,3-4,6-7,15H2,1-2H3. The predicted octanol–water partition coefficient (Wildman–Crippen LogP) is 3.38. The number of halogens is 1. The molecular formula is C13H21ClN2S. The van der Waals surface area contributed by atoms with Crippen molar-refractivity contribution in [2.45, 2.75) is 26.3 Å². The fourth-order valence-electron chi connectivity index (χ4n) is 2.59. The van der Waals surface area contributed by atoms with Gasteiger partial charge in [0, 0.05) is 23.3 Å². The van der Waals surface area contributed by atoms with Crippen LogP contribution in [0, 0.1) is 11.8 Å². The minimum atomic E-state index is 0.358. The van der Waals surface area contributed by atoms with Gasteiger partial charge in [-0.25, -0.2) is 0 Å². The van der Waals surface area contributed by atoms with E-state index in [4.69, 9.17) is 17.3 Å². The highest BCUT2D eigenvalue weighted by molar-refractivity contribution is 7.10. The van der Waals surface area contributed by atoms with Crippen LogP contribution < -0.4 is 5.73 Å². The van der Waals surface area contributed by atoms with Crippen LogP contribution in [0.5, 0.6) is 0 Å². The van der Waals surface area contributed by atoms with E-state index in [0.717, 1.165) is 16.9 Å². The molecule has 2 unspecified atom stereocenters. The maximum Gasteiger partial charge on any atom is 0.0564 e. The van der Waals surface area contributed by atoms with Gasteiger partial charge < -0.3 is 5.73 Å². The quantitative estimate of drug-likeness (QED) is 0.911. The molecule has 0 bridgehead atoms. The molecule has 96 valence electrons. The smallest absolute Gasteiger partial charge is 0.0564 e. The molecular weight excluding hydrogens is 252 g/mol. The van der Waals surface area contributed by atoms with Gasteiger partial charge in [0.05, 0.1) is 11.1 Å².